The van der Waals surface area contributed by atoms with Crippen molar-refractivity contribution < 1.29 is 9.47 Å². The minimum absolute atomic E-state index is 0.0168. The number of rotatable bonds is 12. The Kier molecular flexibility index (Phi) is 12.3. The monoisotopic (exact) mass is 244 g/mol. The molecule has 2 heteroatoms. The van der Waals surface area contributed by atoms with E-state index in [0.717, 1.165) is 26.1 Å². The molecule has 0 bridgehead atoms. The van der Waals surface area contributed by atoms with E-state index >= 15 is 0 Å². The van der Waals surface area contributed by atoms with Gasteiger partial charge in [0.15, 0.2) is 6.29 Å². The molecule has 0 spiro atoms. The fourth-order valence-electron chi connectivity index (χ4n) is 1.67. The SMILES string of the molecule is CCCCCCOC(CC(C)C)OCCCC. The Morgan fingerprint density at radius 3 is 1.88 bits per heavy atom. The maximum absolute atomic E-state index is 5.82. The maximum atomic E-state index is 5.82. The van der Waals surface area contributed by atoms with Crippen molar-refractivity contribution in [1.29, 1.82) is 0 Å². The van der Waals surface area contributed by atoms with Gasteiger partial charge in [0.05, 0.1) is 0 Å². The van der Waals surface area contributed by atoms with Crippen LogP contribution in [0.4, 0.5) is 0 Å². The molecule has 0 aromatic carbocycles. The zero-order valence-electron chi connectivity index (χ0n) is 12.3. The van der Waals surface area contributed by atoms with Crippen molar-refractivity contribution in [3.63, 3.8) is 0 Å². The highest BCUT2D eigenvalue weighted by Crippen LogP contribution is 2.11. The Morgan fingerprint density at radius 2 is 1.35 bits per heavy atom. The fourth-order valence-corrected chi connectivity index (χ4v) is 1.67. The summed E-state index contributed by atoms with van der Waals surface area (Å²) in [6.07, 6.45) is 8.38. The third-order valence-electron chi connectivity index (χ3n) is 2.77. The summed E-state index contributed by atoms with van der Waals surface area (Å²) in [6, 6.07) is 0. The highest BCUT2D eigenvalue weighted by atomic mass is 16.7. The van der Waals surface area contributed by atoms with Crippen molar-refractivity contribution in [3.05, 3.63) is 0 Å². The highest BCUT2D eigenvalue weighted by Gasteiger charge is 2.11. The van der Waals surface area contributed by atoms with Gasteiger partial charge in [-0.1, -0.05) is 53.4 Å². The standard InChI is InChI=1S/C15H32O2/c1-5-7-9-10-12-17-15(13-14(3)4)16-11-8-6-2/h14-15H,5-13H2,1-4H3. The highest BCUT2D eigenvalue weighted by molar-refractivity contribution is 4.51. The Balaban J connectivity index is 3.61. The maximum Gasteiger partial charge on any atom is 0.157 e. The van der Waals surface area contributed by atoms with Crippen LogP contribution in [0.3, 0.4) is 0 Å². The molecule has 0 aliphatic heterocycles. The summed E-state index contributed by atoms with van der Waals surface area (Å²) in [7, 11) is 0. The number of ether oxygens (including phenoxy) is 2. The van der Waals surface area contributed by atoms with Crippen molar-refractivity contribution in [2.75, 3.05) is 13.2 Å². The van der Waals surface area contributed by atoms with Crippen LogP contribution < -0.4 is 0 Å². The normalized spacial score (nSPS) is 13.2. The molecule has 1 atom stereocenters. The fraction of sp³-hybridized carbons (Fsp3) is 1.00. The molecule has 0 saturated heterocycles. The second-order valence-electron chi connectivity index (χ2n) is 5.21. The molecule has 17 heavy (non-hydrogen) atoms. The van der Waals surface area contributed by atoms with Gasteiger partial charge in [0.1, 0.15) is 0 Å². The van der Waals surface area contributed by atoms with Gasteiger partial charge in [-0.25, -0.2) is 0 Å². The molecule has 0 aromatic heterocycles. The minimum atomic E-state index is 0.0168. The van der Waals surface area contributed by atoms with E-state index in [0.29, 0.717) is 5.92 Å². The van der Waals surface area contributed by atoms with Crippen LogP contribution in [-0.2, 0) is 9.47 Å². The van der Waals surface area contributed by atoms with E-state index in [9.17, 15) is 0 Å². The zero-order chi connectivity index (χ0) is 12.9. The van der Waals surface area contributed by atoms with E-state index in [2.05, 4.69) is 27.7 Å². The van der Waals surface area contributed by atoms with Gasteiger partial charge in [0.2, 0.25) is 0 Å². The van der Waals surface area contributed by atoms with E-state index < -0.39 is 0 Å². The lowest BCUT2D eigenvalue weighted by Gasteiger charge is -2.20. The second-order valence-corrected chi connectivity index (χ2v) is 5.21. The lowest BCUT2D eigenvalue weighted by atomic mass is 10.1. The predicted octanol–water partition coefficient (Wildman–Crippen LogP) is 4.77. The van der Waals surface area contributed by atoms with Crippen molar-refractivity contribution >= 4 is 0 Å². The first-order valence-corrected chi connectivity index (χ1v) is 7.43. The number of hydrogen-bond acceptors (Lipinski definition) is 2. The Bertz CT molecular complexity index is 146. The van der Waals surface area contributed by atoms with Crippen molar-refractivity contribution in [3.8, 4) is 0 Å². The largest absolute Gasteiger partial charge is 0.353 e. The van der Waals surface area contributed by atoms with Gasteiger partial charge in [0, 0.05) is 19.6 Å². The van der Waals surface area contributed by atoms with Crippen molar-refractivity contribution in [1.82, 2.24) is 0 Å². The molecular formula is C15H32O2. The minimum Gasteiger partial charge on any atom is -0.353 e. The van der Waals surface area contributed by atoms with Gasteiger partial charge < -0.3 is 9.47 Å². The van der Waals surface area contributed by atoms with Gasteiger partial charge in [-0.15, -0.1) is 0 Å². The average Bonchev–Trinajstić information content (AvgIpc) is 2.28. The number of hydrogen-bond donors (Lipinski definition) is 0. The first-order valence-electron chi connectivity index (χ1n) is 7.43. The van der Waals surface area contributed by atoms with Crippen molar-refractivity contribution in [2.24, 2.45) is 5.92 Å². The lowest BCUT2D eigenvalue weighted by molar-refractivity contribution is -0.151. The second kappa shape index (κ2) is 12.4. The van der Waals surface area contributed by atoms with Gasteiger partial charge >= 0.3 is 0 Å². The van der Waals surface area contributed by atoms with Gasteiger partial charge in [-0.3, -0.25) is 0 Å². The summed E-state index contributed by atoms with van der Waals surface area (Å²) in [4.78, 5) is 0. The van der Waals surface area contributed by atoms with Gasteiger partial charge in [-0.05, 0) is 18.8 Å². The zero-order valence-corrected chi connectivity index (χ0v) is 12.3. The van der Waals surface area contributed by atoms with Crippen LogP contribution in [0.1, 0.15) is 72.6 Å². The smallest absolute Gasteiger partial charge is 0.157 e. The van der Waals surface area contributed by atoms with Crippen LogP contribution in [0.25, 0.3) is 0 Å². The molecule has 0 N–H and O–H groups in total. The molecule has 0 aromatic rings. The first-order chi connectivity index (χ1) is 8.20. The molecule has 0 amide bonds. The van der Waals surface area contributed by atoms with Crippen LogP contribution >= 0.6 is 0 Å². The Hall–Kier alpha value is -0.0800. The van der Waals surface area contributed by atoms with Gasteiger partial charge in [0.25, 0.3) is 0 Å². The molecule has 0 rings (SSSR count). The molecule has 0 aliphatic rings. The van der Waals surface area contributed by atoms with E-state index in [4.69, 9.17) is 9.47 Å². The van der Waals surface area contributed by atoms with E-state index in [1.165, 1.54) is 32.1 Å². The van der Waals surface area contributed by atoms with E-state index in [1.54, 1.807) is 0 Å². The summed E-state index contributed by atoms with van der Waals surface area (Å²) in [5.41, 5.74) is 0. The van der Waals surface area contributed by atoms with Gasteiger partial charge in [-0.2, -0.15) is 0 Å². The molecule has 0 saturated carbocycles. The third-order valence-corrected chi connectivity index (χ3v) is 2.77. The molecule has 2 nitrogen and oxygen atoms in total. The Labute approximate surface area is 108 Å². The molecule has 104 valence electrons. The molecular weight excluding hydrogens is 212 g/mol. The van der Waals surface area contributed by atoms with Crippen LogP contribution in [0.2, 0.25) is 0 Å². The third kappa shape index (κ3) is 12.2. The lowest BCUT2D eigenvalue weighted by Crippen LogP contribution is -2.20. The first kappa shape index (κ1) is 16.9. The summed E-state index contributed by atoms with van der Waals surface area (Å²) >= 11 is 0. The van der Waals surface area contributed by atoms with Crippen LogP contribution in [0, 0.1) is 5.92 Å². The predicted molar refractivity (Wildman–Crippen MR) is 74.2 cm³/mol. The molecule has 1 unspecified atom stereocenters. The average molecular weight is 244 g/mol. The molecule has 0 heterocycles. The van der Waals surface area contributed by atoms with Crippen LogP contribution in [0.15, 0.2) is 0 Å². The van der Waals surface area contributed by atoms with Crippen molar-refractivity contribution in [2.45, 2.75) is 78.9 Å². The summed E-state index contributed by atoms with van der Waals surface area (Å²) < 4.78 is 11.6. The molecule has 0 fully saturated rings. The summed E-state index contributed by atoms with van der Waals surface area (Å²) in [6.45, 7) is 10.5. The van der Waals surface area contributed by atoms with Crippen LogP contribution in [-0.4, -0.2) is 19.5 Å². The summed E-state index contributed by atoms with van der Waals surface area (Å²) in [5.74, 6) is 0.636. The van der Waals surface area contributed by atoms with Crippen LogP contribution in [0.5, 0.6) is 0 Å². The van der Waals surface area contributed by atoms with E-state index in [1.807, 2.05) is 0 Å². The topological polar surface area (TPSA) is 18.5 Å². The van der Waals surface area contributed by atoms with E-state index in [-0.39, 0.29) is 6.29 Å². The quantitative estimate of drug-likeness (QED) is 0.363. The molecule has 0 aliphatic carbocycles. The summed E-state index contributed by atoms with van der Waals surface area (Å²) in [5, 5.41) is 0. The Morgan fingerprint density at radius 1 is 0.765 bits per heavy atom. The number of unbranched alkanes of at least 4 members (excludes halogenated alkanes) is 4. The molecule has 0 radical (unpaired) electrons.